The van der Waals surface area contributed by atoms with Gasteiger partial charge in [0.1, 0.15) is 0 Å². The van der Waals surface area contributed by atoms with Gasteiger partial charge in [-0.25, -0.2) is 0 Å². The number of aryl methyl sites for hydroxylation is 1. The Balaban J connectivity index is 1.81. The highest BCUT2D eigenvalue weighted by Crippen LogP contribution is 2.14. The number of hydrogen-bond donors (Lipinski definition) is 1. The van der Waals surface area contributed by atoms with E-state index >= 15 is 0 Å². The molecule has 0 radical (unpaired) electrons. The molecule has 1 unspecified atom stereocenters. The number of likely N-dealkylation sites (tertiary alicyclic amines) is 1. The Labute approximate surface area is 128 Å². The number of rotatable bonds is 5. The van der Waals surface area contributed by atoms with E-state index in [9.17, 15) is 4.79 Å². The van der Waals surface area contributed by atoms with Crippen LogP contribution in [0.25, 0.3) is 0 Å². The van der Waals surface area contributed by atoms with E-state index in [2.05, 4.69) is 43.4 Å². The monoisotopic (exact) mass is 288 g/mol. The van der Waals surface area contributed by atoms with Gasteiger partial charge in [-0.15, -0.1) is 0 Å². The summed E-state index contributed by atoms with van der Waals surface area (Å²) in [5.41, 5.74) is 2.60. The molecule has 116 valence electrons. The number of nitrogens with zero attached hydrogens (tertiary/aromatic N) is 1. The Morgan fingerprint density at radius 1 is 1.14 bits per heavy atom. The largest absolute Gasteiger partial charge is 0.342 e. The predicted molar refractivity (Wildman–Crippen MR) is 87.3 cm³/mol. The van der Waals surface area contributed by atoms with Crippen molar-refractivity contribution in [3.05, 3.63) is 35.4 Å². The molecule has 0 spiro atoms. The van der Waals surface area contributed by atoms with Crippen LogP contribution in [0.15, 0.2) is 24.3 Å². The number of amides is 1. The van der Waals surface area contributed by atoms with Gasteiger partial charge in [0.25, 0.3) is 0 Å². The second kappa shape index (κ2) is 8.18. The van der Waals surface area contributed by atoms with Gasteiger partial charge < -0.3 is 10.2 Å². The molecule has 3 nitrogen and oxygen atoms in total. The van der Waals surface area contributed by atoms with Crippen LogP contribution in [0.4, 0.5) is 0 Å². The maximum Gasteiger partial charge on any atom is 0.236 e. The molecule has 0 saturated carbocycles. The summed E-state index contributed by atoms with van der Waals surface area (Å²) in [5.74, 6) is 0.244. The van der Waals surface area contributed by atoms with Crippen LogP contribution in [0.2, 0.25) is 0 Å². The summed E-state index contributed by atoms with van der Waals surface area (Å²) in [4.78, 5) is 14.3. The minimum atomic E-state index is 0.215. The summed E-state index contributed by atoms with van der Waals surface area (Å²) in [7, 11) is 0. The van der Waals surface area contributed by atoms with Crippen molar-refractivity contribution in [2.45, 2.75) is 52.0 Å². The number of carbonyl (C=O) groups is 1. The molecule has 1 amide bonds. The van der Waals surface area contributed by atoms with E-state index in [0.717, 1.165) is 32.4 Å². The first-order valence-electron chi connectivity index (χ1n) is 8.30. The Bertz CT molecular complexity index is 433. The van der Waals surface area contributed by atoms with Gasteiger partial charge in [0, 0.05) is 19.1 Å². The van der Waals surface area contributed by atoms with Gasteiger partial charge in [-0.05, 0) is 37.3 Å². The average molecular weight is 288 g/mol. The number of benzene rings is 1. The van der Waals surface area contributed by atoms with Crippen LogP contribution >= 0.6 is 0 Å². The minimum Gasteiger partial charge on any atom is -0.342 e. The normalized spacial score (nSPS) is 17.3. The Hall–Kier alpha value is -1.35. The van der Waals surface area contributed by atoms with Crippen LogP contribution in [0.1, 0.15) is 56.7 Å². The van der Waals surface area contributed by atoms with Gasteiger partial charge in [-0.1, -0.05) is 44.0 Å². The summed E-state index contributed by atoms with van der Waals surface area (Å²) >= 11 is 0. The minimum absolute atomic E-state index is 0.215. The fraction of sp³-hybridized carbons (Fsp3) is 0.611. The Kier molecular flexibility index (Phi) is 6.24. The molecule has 3 heteroatoms. The van der Waals surface area contributed by atoms with E-state index in [1.165, 1.54) is 24.0 Å². The SMILES string of the molecule is CCc1ccc(C(C)NCC(=O)N2CCCCCC2)cc1. The Morgan fingerprint density at radius 2 is 1.76 bits per heavy atom. The molecule has 1 aliphatic heterocycles. The van der Waals surface area contributed by atoms with Crippen LogP contribution in [0.5, 0.6) is 0 Å². The molecule has 1 aromatic carbocycles. The summed E-state index contributed by atoms with van der Waals surface area (Å²) in [6, 6.07) is 8.88. The smallest absolute Gasteiger partial charge is 0.236 e. The molecule has 1 aromatic rings. The van der Waals surface area contributed by atoms with Crippen molar-refractivity contribution < 1.29 is 4.79 Å². The van der Waals surface area contributed by atoms with Crippen LogP contribution in [-0.4, -0.2) is 30.4 Å². The third-order valence-corrected chi connectivity index (χ3v) is 4.41. The zero-order valence-corrected chi connectivity index (χ0v) is 13.4. The Morgan fingerprint density at radius 3 is 2.33 bits per heavy atom. The quantitative estimate of drug-likeness (QED) is 0.901. The molecular formula is C18H28N2O. The standard InChI is InChI=1S/C18H28N2O/c1-3-16-8-10-17(11-9-16)15(2)19-14-18(21)20-12-6-4-5-7-13-20/h8-11,15,19H,3-7,12-14H2,1-2H3. The number of hydrogen-bond acceptors (Lipinski definition) is 2. The fourth-order valence-electron chi connectivity index (χ4n) is 2.83. The van der Waals surface area contributed by atoms with Crippen molar-refractivity contribution in [1.82, 2.24) is 10.2 Å². The van der Waals surface area contributed by atoms with E-state index in [0.29, 0.717) is 6.54 Å². The van der Waals surface area contributed by atoms with Crippen LogP contribution in [-0.2, 0) is 11.2 Å². The summed E-state index contributed by atoms with van der Waals surface area (Å²) in [6.07, 6.45) is 5.89. The molecule has 1 aliphatic rings. The topological polar surface area (TPSA) is 32.3 Å². The molecule has 1 heterocycles. The van der Waals surface area contributed by atoms with Crippen molar-refractivity contribution in [3.8, 4) is 0 Å². The number of carbonyl (C=O) groups excluding carboxylic acids is 1. The lowest BCUT2D eigenvalue weighted by molar-refractivity contribution is -0.130. The van der Waals surface area contributed by atoms with Gasteiger partial charge in [-0.3, -0.25) is 4.79 Å². The lowest BCUT2D eigenvalue weighted by Crippen LogP contribution is -2.39. The molecule has 0 aliphatic carbocycles. The van der Waals surface area contributed by atoms with E-state index in [-0.39, 0.29) is 11.9 Å². The van der Waals surface area contributed by atoms with Crippen LogP contribution in [0, 0.1) is 0 Å². The van der Waals surface area contributed by atoms with E-state index < -0.39 is 0 Å². The fourth-order valence-corrected chi connectivity index (χ4v) is 2.83. The summed E-state index contributed by atoms with van der Waals surface area (Å²) < 4.78 is 0. The molecular weight excluding hydrogens is 260 g/mol. The predicted octanol–water partition coefficient (Wildman–Crippen LogP) is 3.30. The average Bonchev–Trinajstić information content (AvgIpc) is 2.81. The van der Waals surface area contributed by atoms with E-state index in [1.54, 1.807) is 0 Å². The van der Waals surface area contributed by atoms with Crippen LogP contribution < -0.4 is 5.32 Å². The summed E-state index contributed by atoms with van der Waals surface area (Å²) in [6.45, 7) is 6.59. The molecule has 21 heavy (non-hydrogen) atoms. The van der Waals surface area contributed by atoms with Gasteiger partial charge in [0.2, 0.25) is 5.91 Å². The van der Waals surface area contributed by atoms with Crippen molar-refractivity contribution in [1.29, 1.82) is 0 Å². The lowest BCUT2D eigenvalue weighted by Gasteiger charge is -2.22. The highest BCUT2D eigenvalue weighted by molar-refractivity contribution is 5.78. The third kappa shape index (κ3) is 4.85. The van der Waals surface area contributed by atoms with E-state index in [1.807, 2.05) is 4.90 Å². The number of nitrogens with one attached hydrogen (secondary N) is 1. The van der Waals surface area contributed by atoms with Gasteiger partial charge in [-0.2, -0.15) is 0 Å². The third-order valence-electron chi connectivity index (χ3n) is 4.41. The zero-order chi connectivity index (χ0) is 15.1. The molecule has 0 bridgehead atoms. The van der Waals surface area contributed by atoms with Crippen molar-refractivity contribution in [3.63, 3.8) is 0 Å². The highest BCUT2D eigenvalue weighted by atomic mass is 16.2. The first-order valence-corrected chi connectivity index (χ1v) is 8.30. The molecule has 0 aromatic heterocycles. The first-order chi connectivity index (χ1) is 10.2. The summed E-state index contributed by atoms with van der Waals surface area (Å²) in [5, 5.41) is 3.36. The zero-order valence-electron chi connectivity index (χ0n) is 13.4. The van der Waals surface area contributed by atoms with Gasteiger partial charge in [0.15, 0.2) is 0 Å². The molecule has 2 rings (SSSR count). The van der Waals surface area contributed by atoms with Gasteiger partial charge in [0.05, 0.1) is 6.54 Å². The van der Waals surface area contributed by atoms with Crippen molar-refractivity contribution in [2.24, 2.45) is 0 Å². The maximum absolute atomic E-state index is 12.3. The molecule has 1 atom stereocenters. The highest BCUT2D eigenvalue weighted by Gasteiger charge is 2.16. The van der Waals surface area contributed by atoms with Crippen LogP contribution in [0.3, 0.4) is 0 Å². The second-order valence-corrected chi connectivity index (χ2v) is 5.99. The lowest BCUT2D eigenvalue weighted by atomic mass is 10.1. The van der Waals surface area contributed by atoms with Crippen molar-refractivity contribution in [2.75, 3.05) is 19.6 Å². The maximum atomic E-state index is 12.3. The van der Waals surface area contributed by atoms with E-state index in [4.69, 9.17) is 0 Å². The first kappa shape index (κ1) is 16.0. The molecule has 1 N–H and O–H groups in total. The second-order valence-electron chi connectivity index (χ2n) is 5.99. The molecule has 1 saturated heterocycles. The van der Waals surface area contributed by atoms with Crippen molar-refractivity contribution >= 4 is 5.91 Å². The van der Waals surface area contributed by atoms with Gasteiger partial charge >= 0.3 is 0 Å². The molecule has 1 fully saturated rings.